The fourth-order valence-electron chi connectivity index (χ4n) is 4.18. The highest BCUT2D eigenvalue weighted by Crippen LogP contribution is 2.44. The number of benzene rings is 1. The van der Waals surface area contributed by atoms with Gasteiger partial charge in [-0.2, -0.15) is 26.3 Å². The third-order valence-electron chi connectivity index (χ3n) is 6.49. The second kappa shape index (κ2) is 7.83. The largest absolute Gasteiger partial charge is 0.416 e. The van der Waals surface area contributed by atoms with Gasteiger partial charge in [0.2, 0.25) is 5.91 Å². The molecule has 1 aromatic rings. The minimum atomic E-state index is -4.90. The summed E-state index contributed by atoms with van der Waals surface area (Å²) in [6, 6.07) is 1.51. The van der Waals surface area contributed by atoms with Gasteiger partial charge in [-0.15, -0.1) is 0 Å². The summed E-state index contributed by atoms with van der Waals surface area (Å²) in [6.07, 6.45) is -5.05. The van der Waals surface area contributed by atoms with Crippen molar-refractivity contribution in [3.8, 4) is 0 Å². The number of nitrogens with one attached hydrogen (secondary N) is 1. The third-order valence-corrected chi connectivity index (χ3v) is 6.49. The first-order valence-electron chi connectivity index (χ1n) is 10.1. The van der Waals surface area contributed by atoms with E-state index in [1.807, 2.05) is 26.0 Å². The zero-order chi connectivity index (χ0) is 23.2. The lowest BCUT2D eigenvalue weighted by atomic mass is 9.67. The zero-order valence-electron chi connectivity index (χ0n) is 17.5. The van der Waals surface area contributed by atoms with Crippen molar-refractivity contribution in [2.75, 3.05) is 6.61 Å². The number of carbonyl (C=O) groups excluding carboxylic acids is 1. The van der Waals surface area contributed by atoms with Crippen molar-refractivity contribution in [2.45, 2.75) is 64.0 Å². The highest BCUT2D eigenvalue weighted by Gasteiger charge is 2.45. The molecule has 0 radical (unpaired) electrons. The number of alkyl halides is 6. The fourth-order valence-corrected chi connectivity index (χ4v) is 4.18. The number of ether oxygens (including phenoxy) is 1. The molecule has 1 fully saturated rings. The van der Waals surface area contributed by atoms with Crippen LogP contribution in [0.25, 0.3) is 0 Å². The predicted octanol–water partition coefficient (Wildman–Crippen LogP) is 6.05. The van der Waals surface area contributed by atoms with Crippen molar-refractivity contribution in [1.29, 1.82) is 0 Å². The molecule has 172 valence electrons. The maximum absolute atomic E-state index is 13.1. The van der Waals surface area contributed by atoms with Crippen molar-refractivity contribution < 1.29 is 35.9 Å². The van der Waals surface area contributed by atoms with E-state index in [1.54, 1.807) is 0 Å². The molecule has 4 unspecified atom stereocenters. The van der Waals surface area contributed by atoms with E-state index in [4.69, 9.17) is 4.74 Å². The lowest BCUT2D eigenvalue weighted by molar-refractivity contribution is -0.143. The number of carbonyl (C=O) groups is 1. The van der Waals surface area contributed by atoms with E-state index < -0.39 is 35.0 Å². The van der Waals surface area contributed by atoms with Crippen LogP contribution in [0.15, 0.2) is 30.4 Å². The molecule has 31 heavy (non-hydrogen) atoms. The first-order valence-corrected chi connectivity index (χ1v) is 10.1. The highest BCUT2D eigenvalue weighted by atomic mass is 19.4. The van der Waals surface area contributed by atoms with Gasteiger partial charge in [0.05, 0.1) is 29.4 Å². The fraction of sp³-hybridized carbons (Fsp3) is 0.591. The Balaban J connectivity index is 1.78. The van der Waals surface area contributed by atoms with Crippen molar-refractivity contribution in [3.05, 3.63) is 47.0 Å². The highest BCUT2D eigenvalue weighted by molar-refractivity contribution is 5.80. The Morgan fingerprint density at radius 1 is 1.10 bits per heavy atom. The van der Waals surface area contributed by atoms with Gasteiger partial charge in [-0.05, 0) is 49.4 Å². The van der Waals surface area contributed by atoms with Gasteiger partial charge in [-0.1, -0.05) is 26.0 Å². The van der Waals surface area contributed by atoms with Gasteiger partial charge in [0.15, 0.2) is 0 Å². The Hall–Kier alpha value is -2.03. The topological polar surface area (TPSA) is 38.3 Å². The molecule has 1 N–H and O–H groups in total. The van der Waals surface area contributed by atoms with Crippen molar-refractivity contribution >= 4 is 5.91 Å². The molecule has 3 rings (SSSR count). The summed E-state index contributed by atoms with van der Waals surface area (Å²) in [5.74, 6) is 0.0747. The summed E-state index contributed by atoms with van der Waals surface area (Å²) in [6.45, 7) is 5.48. The summed E-state index contributed by atoms with van der Waals surface area (Å²) in [5.41, 5.74) is -3.75. The van der Waals surface area contributed by atoms with E-state index in [-0.39, 0.29) is 35.6 Å². The maximum atomic E-state index is 13.1. The predicted molar refractivity (Wildman–Crippen MR) is 102 cm³/mol. The first-order chi connectivity index (χ1) is 14.1. The van der Waals surface area contributed by atoms with Crippen molar-refractivity contribution in [1.82, 2.24) is 5.32 Å². The lowest BCUT2D eigenvalue weighted by Crippen LogP contribution is -2.47. The second-order valence-electron chi connectivity index (χ2n) is 8.94. The number of halogens is 6. The normalized spacial score (nSPS) is 30.0. The molecule has 4 atom stereocenters. The van der Waals surface area contributed by atoms with Gasteiger partial charge in [-0.25, -0.2) is 0 Å². The van der Waals surface area contributed by atoms with Crippen LogP contribution in [0.5, 0.6) is 0 Å². The number of hydrogen-bond donors (Lipinski definition) is 1. The molecule has 1 aromatic carbocycles. The van der Waals surface area contributed by atoms with Crippen LogP contribution in [-0.4, -0.2) is 18.1 Å². The zero-order valence-corrected chi connectivity index (χ0v) is 17.5. The smallest absolute Gasteiger partial charge is 0.373 e. The second-order valence-corrected chi connectivity index (χ2v) is 8.94. The average Bonchev–Trinajstić information content (AvgIpc) is 3.02. The van der Waals surface area contributed by atoms with Gasteiger partial charge in [0.1, 0.15) is 0 Å². The molecule has 2 aliphatic rings. The van der Waals surface area contributed by atoms with E-state index in [0.717, 1.165) is 0 Å². The van der Waals surface area contributed by atoms with Crippen LogP contribution in [0.3, 0.4) is 0 Å². The number of amides is 1. The molecule has 0 saturated carbocycles. The van der Waals surface area contributed by atoms with Crippen molar-refractivity contribution in [3.63, 3.8) is 0 Å². The summed E-state index contributed by atoms with van der Waals surface area (Å²) in [5, 5.41) is 2.99. The maximum Gasteiger partial charge on any atom is 0.416 e. The number of hydrogen-bond acceptors (Lipinski definition) is 2. The van der Waals surface area contributed by atoms with Gasteiger partial charge < -0.3 is 10.1 Å². The van der Waals surface area contributed by atoms with E-state index in [0.29, 0.717) is 31.4 Å². The SMILES string of the molecule is CC(OCC1(C)C=CC2(CCC(=O)N2)CC1C)c1cc(C(F)(F)F)cc(C(F)(F)F)c1. The van der Waals surface area contributed by atoms with Crippen LogP contribution in [0, 0.1) is 11.3 Å². The van der Waals surface area contributed by atoms with Crippen LogP contribution in [0.2, 0.25) is 0 Å². The van der Waals surface area contributed by atoms with Crippen LogP contribution < -0.4 is 5.32 Å². The monoisotopic (exact) mass is 449 g/mol. The summed E-state index contributed by atoms with van der Waals surface area (Å²) in [7, 11) is 0. The first kappa shape index (κ1) is 23.6. The van der Waals surface area contributed by atoms with Crippen molar-refractivity contribution in [2.24, 2.45) is 11.3 Å². The average molecular weight is 449 g/mol. The molecule has 9 heteroatoms. The molecule has 1 spiro atoms. The van der Waals surface area contributed by atoms with Gasteiger partial charge in [0, 0.05) is 11.8 Å². The molecule has 1 heterocycles. The third kappa shape index (κ3) is 5.07. The molecule has 3 nitrogen and oxygen atoms in total. The summed E-state index contributed by atoms with van der Waals surface area (Å²) >= 11 is 0. The van der Waals surface area contributed by atoms with E-state index in [1.165, 1.54) is 6.92 Å². The summed E-state index contributed by atoms with van der Waals surface area (Å²) in [4.78, 5) is 11.6. The Labute approximate surface area is 176 Å². The quantitative estimate of drug-likeness (QED) is 0.449. The molecule has 1 aliphatic heterocycles. The molecule has 0 aromatic heterocycles. The minimum Gasteiger partial charge on any atom is -0.373 e. The Kier molecular flexibility index (Phi) is 5.97. The van der Waals surface area contributed by atoms with Crippen LogP contribution in [0.4, 0.5) is 26.3 Å². The molecular formula is C22H25F6NO2. The molecule has 0 bridgehead atoms. The van der Waals surface area contributed by atoms with Crippen LogP contribution in [0.1, 0.15) is 62.8 Å². The van der Waals surface area contributed by atoms with Gasteiger partial charge in [-0.3, -0.25) is 4.79 Å². The number of rotatable bonds is 4. The van der Waals surface area contributed by atoms with E-state index >= 15 is 0 Å². The van der Waals surface area contributed by atoms with E-state index in [9.17, 15) is 31.1 Å². The lowest BCUT2D eigenvalue weighted by Gasteiger charge is -2.43. The van der Waals surface area contributed by atoms with Crippen LogP contribution >= 0.6 is 0 Å². The Bertz CT molecular complexity index is 845. The molecular weight excluding hydrogens is 424 g/mol. The Morgan fingerprint density at radius 3 is 2.13 bits per heavy atom. The van der Waals surface area contributed by atoms with E-state index in [2.05, 4.69) is 5.32 Å². The standard InChI is InChI=1S/C22H25F6NO2/c1-13-11-20(5-4-18(30)29-20)7-6-19(13,3)12-31-14(2)15-8-16(21(23,24)25)10-17(9-15)22(26,27)28/h6-10,13-14H,4-5,11-12H2,1-3H3,(H,29,30). The molecule has 1 amide bonds. The summed E-state index contributed by atoms with van der Waals surface area (Å²) < 4.78 is 84.5. The Morgan fingerprint density at radius 2 is 1.68 bits per heavy atom. The van der Waals surface area contributed by atoms with Gasteiger partial charge >= 0.3 is 12.4 Å². The van der Waals surface area contributed by atoms with Gasteiger partial charge in [0.25, 0.3) is 0 Å². The molecule has 1 saturated heterocycles. The minimum absolute atomic E-state index is 0.00431. The van der Waals surface area contributed by atoms with Crippen LogP contribution in [-0.2, 0) is 21.9 Å². The molecule has 1 aliphatic carbocycles.